The number of hydrogen-bond acceptors (Lipinski definition) is 7. The molecule has 1 fully saturated rings. The third-order valence-corrected chi connectivity index (χ3v) is 5.89. The third-order valence-electron chi connectivity index (χ3n) is 5.89. The summed E-state index contributed by atoms with van der Waals surface area (Å²) in [5.74, 6) is 0.865. The SMILES string of the molecule is CC(C)(C)OC(=O)ON(CCC(O)c1cccc(NCCCC2CCCCC2)c1)C(=O)OC(C)(C)C. The van der Waals surface area contributed by atoms with E-state index in [1.807, 2.05) is 24.3 Å². The highest BCUT2D eigenvalue weighted by molar-refractivity contribution is 5.70. The van der Waals surface area contributed by atoms with Crippen molar-refractivity contribution in [2.24, 2.45) is 5.92 Å². The summed E-state index contributed by atoms with van der Waals surface area (Å²) in [6.45, 7) is 11.1. The fourth-order valence-electron chi connectivity index (χ4n) is 4.21. The van der Waals surface area contributed by atoms with Crippen LogP contribution in [0.4, 0.5) is 15.3 Å². The van der Waals surface area contributed by atoms with Gasteiger partial charge in [0.15, 0.2) is 0 Å². The summed E-state index contributed by atoms with van der Waals surface area (Å²) >= 11 is 0. The van der Waals surface area contributed by atoms with Gasteiger partial charge in [0.05, 0.1) is 12.6 Å². The van der Waals surface area contributed by atoms with Crippen LogP contribution in [0, 0.1) is 5.92 Å². The van der Waals surface area contributed by atoms with E-state index in [9.17, 15) is 14.7 Å². The summed E-state index contributed by atoms with van der Waals surface area (Å²) in [5, 5.41) is 15.0. The number of aliphatic hydroxyl groups excluding tert-OH is 1. The molecule has 0 radical (unpaired) electrons. The average molecular weight is 507 g/mol. The molecule has 2 N–H and O–H groups in total. The number of hydrogen-bond donors (Lipinski definition) is 2. The van der Waals surface area contributed by atoms with Gasteiger partial charge in [-0.2, -0.15) is 0 Å². The first-order valence-corrected chi connectivity index (χ1v) is 13.3. The van der Waals surface area contributed by atoms with Crippen molar-refractivity contribution in [2.75, 3.05) is 18.4 Å². The Balaban J connectivity index is 1.90. The number of carbonyl (C=O) groups is 2. The van der Waals surface area contributed by atoms with E-state index in [1.165, 1.54) is 38.5 Å². The molecule has 8 nitrogen and oxygen atoms in total. The van der Waals surface area contributed by atoms with E-state index in [4.69, 9.17) is 14.3 Å². The zero-order chi connectivity index (χ0) is 26.8. The molecular formula is C28H46N2O6. The van der Waals surface area contributed by atoms with Crippen LogP contribution >= 0.6 is 0 Å². The lowest BCUT2D eigenvalue weighted by Crippen LogP contribution is -2.40. The highest BCUT2D eigenvalue weighted by Gasteiger charge is 2.28. The number of aliphatic hydroxyl groups is 1. The zero-order valence-corrected chi connectivity index (χ0v) is 23.0. The molecule has 1 amide bonds. The van der Waals surface area contributed by atoms with Crippen molar-refractivity contribution in [3.05, 3.63) is 29.8 Å². The largest absolute Gasteiger partial charge is 0.534 e. The molecule has 0 aliphatic heterocycles. The fourth-order valence-corrected chi connectivity index (χ4v) is 4.21. The van der Waals surface area contributed by atoms with Gasteiger partial charge in [0.2, 0.25) is 0 Å². The predicted molar refractivity (Wildman–Crippen MR) is 141 cm³/mol. The average Bonchev–Trinajstić information content (AvgIpc) is 2.78. The van der Waals surface area contributed by atoms with Gasteiger partial charge in [-0.05, 0) is 84.4 Å². The Labute approximate surface area is 216 Å². The number of hydroxylamine groups is 2. The lowest BCUT2D eigenvalue weighted by molar-refractivity contribution is -0.138. The second-order valence-corrected chi connectivity index (χ2v) is 11.6. The molecular weight excluding hydrogens is 460 g/mol. The van der Waals surface area contributed by atoms with E-state index in [0.29, 0.717) is 5.56 Å². The molecule has 1 aliphatic carbocycles. The molecule has 2 rings (SSSR count). The maximum Gasteiger partial charge on any atom is 0.534 e. The van der Waals surface area contributed by atoms with Crippen molar-refractivity contribution in [3.8, 4) is 0 Å². The number of nitrogens with zero attached hydrogens (tertiary/aromatic N) is 1. The van der Waals surface area contributed by atoms with E-state index in [-0.39, 0.29) is 13.0 Å². The summed E-state index contributed by atoms with van der Waals surface area (Å²) < 4.78 is 10.5. The number of anilines is 1. The maximum atomic E-state index is 12.6. The van der Waals surface area contributed by atoms with Crippen LogP contribution in [0.1, 0.15) is 105 Å². The first-order valence-electron chi connectivity index (χ1n) is 13.3. The van der Waals surface area contributed by atoms with Crippen LogP contribution in [0.25, 0.3) is 0 Å². The van der Waals surface area contributed by atoms with E-state index < -0.39 is 29.6 Å². The highest BCUT2D eigenvalue weighted by atomic mass is 16.8. The molecule has 1 aromatic rings. The first kappa shape index (κ1) is 29.7. The van der Waals surface area contributed by atoms with E-state index in [0.717, 1.165) is 29.6 Å². The number of carbonyl (C=O) groups excluding carboxylic acids is 2. The standard InChI is InChI=1S/C28H46N2O6/c1-27(2,3)34-25(32)30(36-26(33)35-28(4,5)6)19-17-24(31)22-15-10-16-23(20-22)29-18-11-14-21-12-8-7-9-13-21/h10,15-16,20-21,24,29,31H,7-9,11-14,17-19H2,1-6H3. The van der Waals surface area contributed by atoms with Crippen molar-refractivity contribution in [1.29, 1.82) is 0 Å². The number of ether oxygens (including phenoxy) is 2. The number of rotatable bonds is 9. The van der Waals surface area contributed by atoms with Gasteiger partial charge < -0.3 is 24.7 Å². The second-order valence-electron chi connectivity index (χ2n) is 11.6. The van der Waals surface area contributed by atoms with Crippen molar-refractivity contribution in [3.63, 3.8) is 0 Å². The van der Waals surface area contributed by atoms with Gasteiger partial charge in [-0.3, -0.25) is 0 Å². The van der Waals surface area contributed by atoms with Crippen LogP contribution < -0.4 is 5.32 Å². The molecule has 1 aromatic carbocycles. The molecule has 1 unspecified atom stereocenters. The summed E-state index contributed by atoms with van der Waals surface area (Å²) in [6, 6.07) is 7.63. The van der Waals surface area contributed by atoms with Crippen LogP contribution in [0.5, 0.6) is 0 Å². The van der Waals surface area contributed by atoms with Crippen LogP contribution in [-0.4, -0.2) is 46.7 Å². The molecule has 0 saturated heterocycles. The number of amides is 1. The van der Waals surface area contributed by atoms with Gasteiger partial charge in [0.25, 0.3) is 0 Å². The van der Waals surface area contributed by atoms with Crippen LogP contribution in [0.15, 0.2) is 24.3 Å². The maximum absolute atomic E-state index is 12.6. The van der Waals surface area contributed by atoms with Gasteiger partial charge in [-0.1, -0.05) is 44.2 Å². The molecule has 0 bridgehead atoms. The molecule has 0 spiro atoms. The van der Waals surface area contributed by atoms with Crippen molar-refractivity contribution in [2.45, 2.75) is 110 Å². The predicted octanol–water partition coefficient (Wildman–Crippen LogP) is 6.99. The van der Waals surface area contributed by atoms with Crippen LogP contribution in [-0.2, 0) is 14.3 Å². The lowest BCUT2D eigenvalue weighted by Gasteiger charge is -2.27. The molecule has 1 saturated carbocycles. The van der Waals surface area contributed by atoms with Crippen molar-refractivity contribution < 1.29 is 29.0 Å². The summed E-state index contributed by atoms with van der Waals surface area (Å²) in [5.41, 5.74) is 0.111. The first-order chi connectivity index (χ1) is 16.8. The van der Waals surface area contributed by atoms with Crippen LogP contribution in [0.2, 0.25) is 0 Å². The monoisotopic (exact) mass is 506 g/mol. The third kappa shape index (κ3) is 12.0. The van der Waals surface area contributed by atoms with Gasteiger partial charge in [-0.15, -0.1) is 5.06 Å². The number of benzene rings is 1. The quantitative estimate of drug-likeness (QED) is 0.212. The zero-order valence-electron chi connectivity index (χ0n) is 23.0. The Hall–Kier alpha value is -2.48. The van der Waals surface area contributed by atoms with Crippen molar-refractivity contribution in [1.82, 2.24) is 5.06 Å². The van der Waals surface area contributed by atoms with Crippen molar-refractivity contribution >= 4 is 17.9 Å². The Kier molecular flexibility index (Phi) is 11.3. The Bertz CT molecular complexity index is 824. The van der Waals surface area contributed by atoms with Gasteiger partial charge in [0, 0.05) is 12.2 Å². The topological polar surface area (TPSA) is 97.3 Å². The Morgan fingerprint density at radius 1 is 1.06 bits per heavy atom. The van der Waals surface area contributed by atoms with Gasteiger partial charge in [-0.25, -0.2) is 9.59 Å². The molecule has 1 aliphatic rings. The Morgan fingerprint density at radius 2 is 1.72 bits per heavy atom. The summed E-state index contributed by atoms with van der Waals surface area (Å²) in [4.78, 5) is 29.9. The van der Waals surface area contributed by atoms with E-state index in [1.54, 1.807) is 41.5 Å². The highest BCUT2D eigenvalue weighted by Crippen LogP contribution is 2.27. The van der Waals surface area contributed by atoms with E-state index >= 15 is 0 Å². The molecule has 8 heteroatoms. The number of nitrogens with one attached hydrogen (secondary N) is 1. The smallest absolute Gasteiger partial charge is 0.442 e. The molecule has 204 valence electrons. The molecule has 0 aromatic heterocycles. The minimum atomic E-state index is -1.01. The molecule has 36 heavy (non-hydrogen) atoms. The van der Waals surface area contributed by atoms with Gasteiger partial charge >= 0.3 is 12.2 Å². The second kappa shape index (κ2) is 13.7. The summed E-state index contributed by atoms with van der Waals surface area (Å²) in [7, 11) is 0. The minimum absolute atomic E-state index is 0.0611. The van der Waals surface area contributed by atoms with Gasteiger partial charge in [0.1, 0.15) is 11.2 Å². The molecule has 0 heterocycles. The molecule has 1 atom stereocenters. The lowest BCUT2D eigenvalue weighted by atomic mass is 9.86. The minimum Gasteiger partial charge on any atom is -0.442 e. The summed E-state index contributed by atoms with van der Waals surface area (Å²) in [6.07, 6.45) is 6.67. The van der Waals surface area contributed by atoms with E-state index in [2.05, 4.69) is 5.32 Å². The normalized spacial score (nSPS) is 15.6. The Morgan fingerprint density at radius 3 is 2.36 bits per heavy atom. The van der Waals surface area contributed by atoms with Crippen LogP contribution in [0.3, 0.4) is 0 Å². The fraction of sp³-hybridized carbons (Fsp3) is 0.714.